The van der Waals surface area contributed by atoms with Crippen molar-refractivity contribution >= 4 is 41.5 Å². The number of fused-ring (bicyclic) bond motifs is 2. The second kappa shape index (κ2) is 28.1. The summed E-state index contributed by atoms with van der Waals surface area (Å²) in [6.45, 7) is 13.2. The summed E-state index contributed by atoms with van der Waals surface area (Å²) in [7, 11) is 0. The van der Waals surface area contributed by atoms with Gasteiger partial charge in [0, 0.05) is 57.9 Å². The SMILES string of the molecule is [C-]#[N+]C[C@@H](O)[C@@H]1NC(=O)[C@H]([C@H](O)Cc2ccc(OCc3ccccc3)c(OCCNCCO)c2)NC(=O)[C@@H]2C[C@@H](O)CN2C(=O)[C@H]([C@@H](C)O)NC(=O)[C@@H](NC(=O)OC(C)(C)C)C[C@@H](O)CNC(=O)[C@@H]2[C@@H](O)[C@@H](C)CN2C1=O. The highest BCUT2D eigenvalue weighted by Crippen LogP contribution is 2.31. The fourth-order valence-corrected chi connectivity index (χ4v) is 9.01. The Morgan fingerprint density at radius 2 is 1.47 bits per heavy atom. The predicted molar refractivity (Wildman–Crippen MR) is 271 cm³/mol. The molecule has 26 nitrogen and oxygen atoms in total. The highest BCUT2D eigenvalue weighted by Gasteiger charge is 2.50. The molecule has 13 N–H and O–H groups in total. The van der Waals surface area contributed by atoms with Crippen LogP contribution in [-0.2, 0) is 46.5 Å². The third kappa shape index (κ3) is 17.1. The first-order chi connectivity index (χ1) is 36.4. The second-order valence-corrected chi connectivity index (χ2v) is 20.4. The number of rotatable bonds is 16. The van der Waals surface area contributed by atoms with E-state index in [-0.39, 0.29) is 32.1 Å². The number of aliphatic hydroxyl groups is 7. The van der Waals surface area contributed by atoms with Gasteiger partial charge in [0.2, 0.25) is 42.0 Å². The molecule has 0 spiro atoms. The number of ether oxygens (including phenoxy) is 3. The summed E-state index contributed by atoms with van der Waals surface area (Å²) in [6, 6.07) is 2.74. The van der Waals surface area contributed by atoms with Gasteiger partial charge in [-0.25, -0.2) is 11.4 Å². The first kappa shape index (κ1) is 61.2. The Labute approximate surface area is 445 Å². The first-order valence-electron chi connectivity index (χ1n) is 25.4. The molecule has 0 aliphatic carbocycles. The van der Waals surface area contributed by atoms with Gasteiger partial charge in [-0.3, -0.25) is 28.8 Å². The van der Waals surface area contributed by atoms with Crippen LogP contribution in [0.5, 0.6) is 11.5 Å². The molecule has 3 fully saturated rings. The number of nitrogens with zero attached hydrogens (tertiary/aromatic N) is 3. The van der Waals surface area contributed by atoms with Gasteiger partial charge in [-0.05, 0) is 51.0 Å². The third-order valence-corrected chi connectivity index (χ3v) is 12.9. The molecule has 0 unspecified atom stereocenters. The number of carbonyl (C=O) groups is 7. The number of hydrogen-bond acceptors (Lipinski definition) is 18. The Kier molecular flexibility index (Phi) is 22.3. The molecule has 3 heterocycles. The summed E-state index contributed by atoms with van der Waals surface area (Å²) in [6.07, 6.45) is -12.9. The van der Waals surface area contributed by atoms with Crippen LogP contribution in [-0.4, -0.2) is 218 Å². The maximum Gasteiger partial charge on any atom is 0.408 e. The largest absolute Gasteiger partial charge is 0.488 e. The first-order valence-corrected chi connectivity index (χ1v) is 25.4. The van der Waals surface area contributed by atoms with Gasteiger partial charge in [0.25, 0.3) is 0 Å². The van der Waals surface area contributed by atoms with Crippen molar-refractivity contribution in [3.8, 4) is 11.5 Å². The van der Waals surface area contributed by atoms with E-state index < -0.39 is 165 Å². The Hall–Kier alpha value is -6.70. The number of carbonyl (C=O) groups excluding carboxylic acids is 7. The Morgan fingerprint density at radius 1 is 0.792 bits per heavy atom. The molecule has 2 aromatic carbocycles. The van der Waals surface area contributed by atoms with Crippen LogP contribution in [0.25, 0.3) is 4.85 Å². The Bertz CT molecular complexity index is 2400. The lowest BCUT2D eigenvalue weighted by Gasteiger charge is -2.33. The molecule has 5 rings (SSSR count). The number of benzene rings is 2. The molecule has 424 valence electrons. The summed E-state index contributed by atoms with van der Waals surface area (Å²) >= 11 is 0. The fourth-order valence-electron chi connectivity index (χ4n) is 9.01. The zero-order chi connectivity index (χ0) is 56.7. The fraction of sp³-hybridized carbons (Fsp3) is 0.608. The minimum Gasteiger partial charge on any atom is -0.488 e. The van der Waals surface area contributed by atoms with Crippen LogP contribution < -0.4 is 41.4 Å². The quantitative estimate of drug-likeness (QED) is 0.0566. The van der Waals surface area contributed by atoms with E-state index in [1.54, 1.807) is 12.1 Å². The molecule has 0 bridgehead atoms. The maximum atomic E-state index is 14.7. The van der Waals surface area contributed by atoms with Crippen molar-refractivity contribution < 1.29 is 83.5 Å². The summed E-state index contributed by atoms with van der Waals surface area (Å²) in [4.78, 5) is 104. The van der Waals surface area contributed by atoms with Crippen LogP contribution in [0.1, 0.15) is 58.6 Å². The van der Waals surface area contributed by atoms with Gasteiger partial charge in [0.1, 0.15) is 55.1 Å². The van der Waals surface area contributed by atoms with E-state index in [1.165, 1.54) is 33.8 Å². The lowest BCUT2D eigenvalue weighted by Crippen LogP contribution is -2.64. The number of alkyl carbamates (subject to hydrolysis) is 1. The van der Waals surface area contributed by atoms with Crippen LogP contribution in [0.4, 0.5) is 4.79 Å². The number of aliphatic hydroxyl groups excluding tert-OH is 7. The molecule has 0 saturated carbocycles. The molecule has 2 aromatic rings. The van der Waals surface area contributed by atoms with E-state index in [1.807, 2.05) is 30.3 Å². The van der Waals surface area contributed by atoms with Crippen LogP contribution in [0.3, 0.4) is 0 Å². The molecule has 26 heteroatoms. The molecule has 7 amide bonds. The number of β-amino-alcohol motifs (C(OH)–C–C–N with tert-alkyl or cyclic N) is 1. The highest BCUT2D eigenvalue weighted by atomic mass is 16.6. The maximum absolute atomic E-state index is 14.7. The normalized spacial score (nSPS) is 27.3. The minimum atomic E-state index is -2.07. The lowest BCUT2D eigenvalue weighted by molar-refractivity contribution is -0.147. The average Bonchev–Trinajstić information content (AvgIpc) is 3.92. The predicted octanol–water partition coefficient (Wildman–Crippen LogP) is -3.81. The van der Waals surface area contributed by atoms with Crippen molar-refractivity contribution in [2.75, 3.05) is 52.5 Å². The van der Waals surface area contributed by atoms with Gasteiger partial charge in [-0.1, -0.05) is 43.3 Å². The van der Waals surface area contributed by atoms with Gasteiger partial charge in [-0.15, -0.1) is 0 Å². The Morgan fingerprint density at radius 3 is 2.13 bits per heavy atom. The standard InChI is InChI=1S/C51H73N9O17/c1-27-24-60-42(43(27)67)47(71)54-22-31(63)20-33(55-50(74)77-51(3,4)5)44(68)56-39(28(2)62)48(72)59-25-32(64)21-34(59)45(69)57-40(46(70)58-41(49(60)73)36(66)23-52-6)35(65)18-30-12-13-37(76-26-29-10-8-7-9-11-29)38(19-30)75-17-15-53-14-16-61/h7-13,19,27-28,31-36,39-43,53,61-67H,14-18,20-26H2,1-5H3,(H,54,71)(H,55,74)(H,56,68)(H,57,69)(H,58,70)/t27-,28+,31+,32+,33-,34-,35+,36+,39-,40-,41-,42-,43-/m0/s1. The van der Waals surface area contributed by atoms with Crippen molar-refractivity contribution in [1.29, 1.82) is 0 Å². The molecule has 0 radical (unpaired) electrons. The number of nitrogens with one attached hydrogen (secondary N) is 6. The van der Waals surface area contributed by atoms with E-state index >= 15 is 0 Å². The van der Waals surface area contributed by atoms with Crippen molar-refractivity contribution in [1.82, 2.24) is 41.7 Å². The van der Waals surface area contributed by atoms with Crippen LogP contribution >= 0.6 is 0 Å². The average molecular weight is 1080 g/mol. The van der Waals surface area contributed by atoms with E-state index in [0.29, 0.717) is 24.4 Å². The zero-order valence-electron chi connectivity index (χ0n) is 43.7. The molecule has 3 aliphatic rings. The lowest BCUT2D eigenvalue weighted by atomic mass is 9.99. The van der Waals surface area contributed by atoms with E-state index in [0.717, 1.165) is 22.3 Å². The summed E-state index contributed by atoms with van der Waals surface area (Å²) in [5.41, 5.74) is 0.0787. The topological polar surface area (TPSA) is 372 Å². The van der Waals surface area contributed by atoms with E-state index in [2.05, 4.69) is 36.7 Å². The molecular formula is C51H73N9O17. The van der Waals surface area contributed by atoms with E-state index in [4.69, 9.17) is 20.8 Å². The van der Waals surface area contributed by atoms with Crippen LogP contribution in [0.15, 0.2) is 48.5 Å². The van der Waals surface area contributed by atoms with Crippen molar-refractivity contribution in [3.63, 3.8) is 0 Å². The summed E-state index contributed by atoms with van der Waals surface area (Å²) < 4.78 is 17.4. The molecular weight excluding hydrogens is 1010 g/mol. The molecule has 13 atom stereocenters. The van der Waals surface area contributed by atoms with Gasteiger partial charge >= 0.3 is 6.09 Å². The Balaban J connectivity index is 1.57. The van der Waals surface area contributed by atoms with Gasteiger partial charge < -0.3 is 96.5 Å². The van der Waals surface area contributed by atoms with Crippen LogP contribution in [0.2, 0.25) is 0 Å². The molecule has 0 aromatic heterocycles. The summed E-state index contributed by atoms with van der Waals surface area (Å²) in [5, 5.41) is 91.9. The second-order valence-electron chi connectivity index (χ2n) is 20.4. The molecule has 3 aliphatic heterocycles. The van der Waals surface area contributed by atoms with Crippen molar-refractivity contribution in [2.24, 2.45) is 5.92 Å². The van der Waals surface area contributed by atoms with Gasteiger partial charge in [0.15, 0.2) is 17.6 Å². The zero-order valence-corrected chi connectivity index (χ0v) is 43.7. The number of amides is 7. The van der Waals surface area contributed by atoms with Crippen LogP contribution in [0, 0.1) is 12.5 Å². The smallest absolute Gasteiger partial charge is 0.408 e. The minimum absolute atomic E-state index is 0.0973. The van der Waals surface area contributed by atoms with E-state index in [9.17, 15) is 69.3 Å². The monoisotopic (exact) mass is 1080 g/mol. The van der Waals surface area contributed by atoms with Gasteiger partial charge in [0.05, 0.1) is 37.1 Å². The molecule has 3 saturated heterocycles. The summed E-state index contributed by atoms with van der Waals surface area (Å²) in [5.74, 6) is -7.20. The van der Waals surface area contributed by atoms with Gasteiger partial charge in [-0.2, -0.15) is 0 Å². The highest BCUT2D eigenvalue weighted by molar-refractivity contribution is 5.98. The van der Waals surface area contributed by atoms with Crippen molar-refractivity contribution in [2.45, 2.75) is 139 Å². The third-order valence-electron chi connectivity index (χ3n) is 12.9. The number of hydrogen-bond donors (Lipinski definition) is 13. The van der Waals surface area contributed by atoms with Crippen molar-refractivity contribution in [3.05, 3.63) is 71.1 Å². The molecule has 77 heavy (non-hydrogen) atoms.